The van der Waals surface area contributed by atoms with Crippen molar-refractivity contribution in [2.45, 2.75) is 39.2 Å². The third-order valence-corrected chi connectivity index (χ3v) is 5.89. The summed E-state index contributed by atoms with van der Waals surface area (Å²) in [5.41, 5.74) is 1.24. The molecule has 1 aromatic carbocycles. The van der Waals surface area contributed by atoms with Crippen molar-refractivity contribution in [1.82, 2.24) is 9.80 Å². The van der Waals surface area contributed by atoms with E-state index < -0.39 is 6.10 Å². The van der Waals surface area contributed by atoms with Crippen molar-refractivity contribution in [3.8, 4) is 5.75 Å². The molecule has 0 saturated carbocycles. The molecular formula is C22H28N2O3S. The molecule has 1 saturated heterocycles. The largest absolute Gasteiger partial charge is 0.481 e. The van der Waals surface area contributed by atoms with Gasteiger partial charge in [0.15, 0.2) is 6.10 Å². The second-order valence-corrected chi connectivity index (χ2v) is 8.38. The zero-order chi connectivity index (χ0) is 20.1. The minimum Gasteiger partial charge on any atom is -0.481 e. The van der Waals surface area contributed by atoms with E-state index in [4.69, 9.17) is 4.74 Å². The van der Waals surface area contributed by atoms with E-state index in [1.165, 1.54) is 16.9 Å². The highest BCUT2D eigenvalue weighted by Crippen LogP contribution is 2.20. The molecule has 1 atom stereocenters. The third kappa shape index (κ3) is 4.93. The first-order valence-corrected chi connectivity index (χ1v) is 10.7. The van der Waals surface area contributed by atoms with Crippen LogP contribution in [-0.4, -0.2) is 53.9 Å². The van der Waals surface area contributed by atoms with Crippen LogP contribution in [0, 0.1) is 0 Å². The Hall–Kier alpha value is -2.34. The summed E-state index contributed by atoms with van der Waals surface area (Å²) in [6.45, 7) is 8.49. The van der Waals surface area contributed by atoms with E-state index in [-0.39, 0.29) is 11.8 Å². The predicted molar refractivity (Wildman–Crippen MR) is 112 cm³/mol. The molecule has 1 aliphatic heterocycles. The summed E-state index contributed by atoms with van der Waals surface area (Å²) in [7, 11) is 0. The number of thiophene rings is 1. The molecule has 28 heavy (non-hydrogen) atoms. The molecule has 0 aliphatic carbocycles. The Bertz CT molecular complexity index is 787. The van der Waals surface area contributed by atoms with Gasteiger partial charge in [0.05, 0.1) is 4.88 Å². The van der Waals surface area contributed by atoms with Crippen LogP contribution in [0.25, 0.3) is 0 Å². The number of carbonyl (C=O) groups is 2. The maximum Gasteiger partial charge on any atom is 0.263 e. The van der Waals surface area contributed by atoms with E-state index in [9.17, 15) is 9.59 Å². The van der Waals surface area contributed by atoms with Crippen LogP contribution < -0.4 is 4.74 Å². The molecular weight excluding hydrogens is 372 g/mol. The van der Waals surface area contributed by atoms with Crippen molar-refractivity contribution in [2.24, 2.45) is 0 Å². The number of amides is 2. The van der Waals surface area contributed by atoms with Gasteiger partial charge in [-0.05, 0) is 48.4 Å². The standard InChI is InChI=1S/C22H28N2O3S/c1-16(2)18-7-9-19(10-8-18)27-17(3)21(25)23-11-5-12-24(14-13-23)22(26)20-6-4-15-28-20/h4,6-10,15-17H,5,11-14H2,1-3H3. The minimum absolute atomic E-state index is 0.0293. The van der Waals surface area contributed by atoms with E-state index in [1.807, 2.05) is 51.6 Å². The fourth-order valence-corrected chi connectivity index (χ4v) is 4.03. The predicted octanol–water partition coefficient (Wildman–Crippen LogP) is 4.01. The number of nitrogens with zero attached hydrogens (tertiary/aromatic N) is 2. The number of ether oxygens (including phenoxy) is 1. The lowest BCUT2D eigenvalue weighted by molar-refractivity contribution is -0.137. The topological polar surface area (TPSA) is 49.9 Å². The smallest absolute Gasteiger partial charge is 0.263 e. The zero-order valence-corrected chi connectivity index (χ0v) is 17.6. The van der Waals surface area contributed by atoms with Crippen molar-refractivity contribution in [2.75, 3.05) is 26.2 Å². The van der Waals surface area contributed by atoms with E-state index >= 15 is 0 Å². The van der Waals surface area contributed by atoms with E-state index in [1.54, 1.807) is 6.92 Å². The Morgan fingerprint density at radius 3 is 2.29 bits per heavy atom. The van der Waals surface area contributed by atoms with Crippen LogP contribution in [0.5, 0.6) is 5.75 Å². The van der Waals surface area contributed by atoms with Gasteiger partial charge in [0.2, 0.25) is 0 Å². The molecule has 0 spiro atoms. The van der Waals surface area contributed by atoms with Gasteiger partial charge in [-0.15, -0.1) is 11.3 Å². The van der Waals surface area contributed by atoms with Gasteiger partial charge in [-0.1, -0.05) is 32.0 Å². The van der Waals surface area contributed by atoms with Crippen LogP contribution >= 0.6 is 11.3 Å². The number of hydrogen-bond donors (Lipinski definition) is 0. The second-order valence-electron chi connectivity index (χ2n) is 7.43. The highest BCUT2D eigenvalue weighted by atomic mass is 32.1. The van der Waals surface area contributed by atoms with Crippen molar-refractivity contribution in [3.05, 3.63) is 52.2 Å². The van der Waals surface area contributed by atoms with E-state index in [0.29, 0.717) is 37.8 Å². The summed E-state index contributed by atoms with van der Waals surface area (Å²) < 4.78 is 5.87. The quantitative estimate of drug-likeness (QED) is 0.762. The Morgan fingerprint density at radius 1 is 0.964 bits per heavy atom. The molecule has 0 N–H and O–H groups in total. The van der Waals surface area contributed by atoms with Crippen LogP contribution in [-0.2, 0) is 4.79 Å². The van der Waals surface area contributed by atoms with Gasteiger partial charge in [0, 0.05) is 26.2 Å². The lowest BCUT2D eigenvalue weighted by atomic mass is 10.0. The van der Waals surface area contributed by atoms with Crippen molar-refractivity contribution >= 4 is 23.2 Å². The Labute approximate surface area is 170 Å². The fraction of sp³-hybridized carbons (Fsp3) is 0.455. The summed E-state index contributed by atoms with van der Waals surface area (Å²) in [6.07, 6.45) is 0.225. The first-order valence-electron chi connectivity index (χ1n) is 9.84. The summed E-state index contributed by atoms with van der Waals surface area (Å²) >= 11 is 1.46. The average Bonchev–Trinajstić information content (AvgIpc) is 3.12. The highest BCUT2D eigenvalue weighted by Gasteiger charge is 2.26. The van der Waals surface area contributed by atoms with Crippen LogP contribution in [0.15, 0.2) is 41.8 Å². The molecule has 2 aromatic rings. The second kappa shape index (κ2) is 9.24. The number of rotatable bonds is 5. The fourth-order valence-electron chi connectivity index (χ4n) is 3.34. The molecule has 1 unspecified atom stereocenters. The molecule has 0 radical (unpaired) electrons. The summed E-state index contributed by atoms with van der Waals surface area (Å²) in [4.78, 5) is 29.8. The van der Waals surface area contributed by atoms with Crippen molar-refractivity contribution in [3.63, 3.8) is 0 Å². The highest BCUT2D eigenvalue weighted by molar-refractivity contribution is 7.12. The first kappa shape index (κ1) is 20.4. The third-order valence-electron chi connectivity index (χ3n) is 5.03. The Morgan fingerprint density at radius 2 is 1.64 bits per heavy atom. The normalized spacial score (nSPS) is 16.0. The van der Waals surface area contributed by atoms with Crippen molar-refractivity contribution < 1.29 is 14.3 Å². The molecule has 6 heteroatoms. The van der Waals surface area contributed by atoms with Gasteiger partial charge >= 0.3 is 0 Å². The van der Waals surface area contributed by atoms with Crippen LogP contribution in [0.3, 0.4) is 0 Å². The average molecular weight is 401 g/mol. The SMILES string of the molecule is CC(Oc1ccc(C(C)C)cc1)C(=O)N1CCCN(C(=O)c2cccs2)CC1. The van der Waals surface area contributed by atoms with Gasteiger partial charge < -0.3 is 14.5 Å². The molecule has 3 rings (SSSR count). The van der Waals surface area contributed by atoms with Gasteiger partial charge in [0.1, 0.15) is 5.75 Å². The van der Waals surface area contributed by atoms with Crippen LogP contribution in [0.2, 0.25) is 0 Å². The maximum atomic E-state index is 12.8. The lowest BCUT2D eigenvalue weighted by Crippen LogP contribution is -2.43. The van der Waals surface area contributed by atoms with Gasteiger partial charge in [-0.3, -0.25) is 9.59 Å². The minimum atomic E-state index is -0.551. The van der Waals surface area contributed by atoms with Gasteiger partial charge in [-0.2, -0.15) is 0 Å². The molecule has 1 aromatic heterocycles. The summed E-state index contributed by atoms with van der Waals surface area (Å²) in [5, 5.41) is 1.91. The zero-order valence-electron chi connectivity index (χ0n) is 16.8. The molecule has 2 heterocycles. The number of carbonyl (C=O) groups excluding carboxylic acids is 2. The molecule has 1 fully saturated rings. The molecule has 5 nitrogen and oxygen atoms in total. The monoisotopic (exact) mass is 400 g/mol. The number of benzene rings is 1. The maximum absolute atomic E-state index is 12.8. The van der Waals surface area contributed by atoms with E-state index in [0.717, 1.165) is 11.3 Å². The van der Waals surface area contributed by atoms with Gasteiger partial charge in [0.25, 0.3) is 11.8 Å². The molecule has 1 aliphatic rings. The van der Waals surface area contributed by atoms with Crippen molar-refractivity contribution in [1.29, 1.82) is 0 Å². The lowest BCUT2D eigenvalue weighted by Gasteiger charge is -2.25. The Kier molecular flexibility index (Phi) is 6.73. The van der Waals surface area contributed by atoms with Gasteiger partial charge in [-0.25, -0.2) is 0 Å². The molecule has 2 amide bonds. The van der Waals surface area contributed by atoms with Crippen LogP contribution in [0.4, 0.5) is 0 Å². The summed E-state index contributed by atoms with van der Waals surface area (Å²) in [6, 6.07) is 11.7. The molecule has 0 bridgehead atoms. The molecule has 150 valence electrons. The Balaban J connectivity index is 1.55. The van der Waals surface area contributed by atoms with Crippen LogP contribution in [0.1, 0.15) is 48.3 Å². The van der Waals surface area contributed by atoms with E-state index in [2.05, 4.69) is 13.8 Å². The first-order chi connectivity index (χ1) is 13.5. The number of hydrogen-bond acceptors (Lipinski definition) is 4. The summed E-state index contributed by atoms with van der Waals surface area (Å²) in [5.74, 6) is 1.19.